The predicted octanol–water partition coefficient (Wildman–Crippen LogP) is 2.51. The third kappa shape index (κ3) is 3.74. The monoisotopic (exact) mass is 290 g/mol. The van der Waals surface area contributed by atoms with E-state index in [-0.39, 0.29) is 0 Å². The van der Waals surface area contributed by atoms with Gasteiger partial charge < -0.3 is 15.5 Å². The zero-order valence-electron chi connectivity index (χ0n) is 12.9. The van der Waals surface area contributed by atoms with E-state index < -0.39 is 0 Å². The second kappa shape index (κ2) is 6.91. The first-order chi connectivity index (χ1) is 10.3. The van der Waals surface area contributed by atoms with Crippen LogP contribution in [0.15, 0.2) is 0 Å². The summed E-state index contributed by atoms with van der Waals surface area (Å²) in [4.78, 5) is 15.9. The molecule has 0 amide bonds. The Balaban J connectivity index is 1.71. The summed E-state index contributed by atoms with van der Waals surface area (Å²) in [6.07, 6.45) is 7.80. The molecule has 1 aromatic heterocycles. The van der Waals surface area contributed by atoms with E-state index in [0.717, 1.165) is 38.0 Å². The minimum atomic E-state index is 0.684. The van der Waals surface area contributed by atoms with Crippen LogP contribution in [0.25, 0.3) is 0 Å². The number of anilines is 3. The molecule has 2 heterocycles. The van der Waals surface area contributed by atoms with E-state index in [4.69, 9.17) is 0 Å². The number of hydrogen-bond acceptors (Lipinski definition) is 6. The molecular formula is C15H26N6. The molecule has 1 aromatic rings. The number of nitrogens with one attached hydrogen (secondary N) is 2. The number of hydrogen-bond donors (Lipinski definition) is 2. The van der Waals surface area contributed by atoms with Crippen molar-refractivity contribution >= 4 is 17.8 Å². The van der Waals surface area contributed by atoms with Crippen molar-refractivity contribution in [1.29, 1.82) is 0 Å². The molecule has 2 fully saturated rings. The standard InChI is InChI=1S/C15H26N6/c1-2-16-13-18-14(17-11-12-7-6-8-12)20-15(19-13)21-9-4-3-5-10-21/h12H,2-11H2,1H3,(H2,16,17,18,19,20). The smallest absolute Gasteiger partial charge is 0.231 e. The Labute approximate surface area is 126 Å². The summed E-state index contributed by atoms with van der Waals surface area (Å²) in [5.74, 6) is 3.01. The fourth-order valence-corrected chi connectivity index (χ4v) is 2.85. The first-order valence-corrected chi connectivity index (χ1v) is 8.34. The molecule has 0 spiro atoms. The normalized spacial score (nSPS) is 19.2. The van der Waals surface area contributed by atoms with Crippen LogP contribution in [0.4, 0.5) is 17.8 Å². The van der Waals surface area contributed by atoms with E-state index in [0.29, 0.717) is 11.9 Å². The average molecular weight is 290 g/mol. The SMILES string of the molecule is CCNc1nc(NCC2CCC2)nc(N2CCCCC2)n1. The molecule has 1 saturated heterocycles. The molecule has 1 aliphatic carbocycles. The lowest BCUT2D eigenvalue weighted by Crippen LogP contribution is -2.32. The molecule has 6 nitrogen and oxygen atoms in total. The summed E-state index contributed by atoms with van der Waals surface area (Å²) < 4.78 is 0. The van der Waals surface area contributed by atoms with Gasteiger partial charge in [-0.05, 0) is 44.9 Å². The van der Waals surface area contributed by atoms with E-state index >= 15 is 0 Å². The minimum Gasteiger partial charge on any atom is -0.354 e. The summed E-state index contributed by atoms with van der Waals surface area (Å²) in [5, 5.41) is 6.61. The molecule has 2 aliphatic rings. The fourth-order valence-electron chi connectivity index (χ4n) is 2.85. The summed E-state index contributed by atoms with van der Waals surface area (Å²) in [6.45, 7) is 5.97. The highest BCUT2D eigenvalue weighted by Crippen LogP contribution is 2.26. The quantitative estimate of drug-likeness (QED) is 0.839. The second-order valence-electron chi connectivity index (χ2n) is 6.04. The van der Waals surface area contributed by atoms with E-state index in [1.54, 1.807) is 0 Å². The van der Waals surface area contributed by atoms with Gasteiger partial charge in [0.25, 0.3) is 0 Å². The Morgan fingerprint density at radius 2 is 1.67 bits per heavy atom. The van der Waals surface area contributed by atoms with E-state index in [9.17, 15) is 0 Å². The van der Waals surface area contributed by atoms with Crippen molar-refractivity contribution in [1.82, 2.24) is 15.0 Å². The highest BCUT2D eigenvalue weighted by atomic mass is 15.3. The van der Waals surface area contributed by atoms with Crippen molar-refractivity contribution in [3.05, 3.63) is 0 Å². The van der Waals surface area contributed by atoms with Crippen LogP contribution in [0.2, 0.25) is 0 Å². The Morgan fingerprint density at radius 1 is 0.952 bits per heavy atom. The lowest BCUT2D eigenvalue weighted by Gasteiger charge is -2.28. The Morgan fingerprint density at radius 3 is 2.29 bits per heavy atom. The maximum atomic E-state index is 4.62. The number of aromatic nitrogens is 3. The maximum absolute atomic E-state index is 4.62. The van der Waals surface area contributed by atoms with Gasteiger partial charge in [-0.2, -0.15) is 15.0 Å². The predicted molar refractivity (Wildman–Crippen MR) is 85.9 cm³/mol. The molecule has 0 bridgehead atoms. The van der Waals surface area contributed by atoms with Crippen LogP contribution in [0.5, 0.6) is 0 Å². The molecule has 21 heavy (non-hydrogen) atoms. The minimum absolute atomic E-state index is 0.684. The van der Waals surface area contributed by atoms with Crippen molar-refractivity contribution < 1.29 is 0 Å². The zero-order chi connectivity index (χ0) is 14.5. The summed E-state index contributed by atoms with van der Waals surface area (Å²) >= 11 is 0. The molecule has 0 unspecified atom stereocenters. The van der Waals surface area contributed by atoms with Gasteiger partial charge in [-0.25, -0.2) is 0 Å². The first kappa shape index (κ1) is 14.4. The number of rotatable bonds is 6. The molecule has 6 heteroatoms. The second-order valence-corrected chi connectivity index (χ2v) is 6.04. The number of piperidine rings is 1. The third-order valence-electron chi connectivity index (χ3n) is 4.37. The molecule has 0 aromatic carbocycles. The van der Waals surface area contributed by atoms with Crippen molar-refractivity contribution in [2.75, 3.05) is 41.7 Å². The number of nitrogens with zero attached hydrogens (tertiary/aromatic N) is 4. The molecule has 2 N–H and O–H groups in total. The zero-order valence-corrected chi connectivity index (χ0v) is 12.9. The van der Waals surface area contributed by atoms with Crippen LogP contribution in [0.3, 0.4) is 0 Å². The van der Waals surface area contributed by atoms with E-state index in [2.05, 4.69) is 37.4 Å². The molecule has 1 saturated carbocycles. The van der Waals surface area contributed by atoms with Gasteiger partial charge in [-0.15, -0.1) is 0 Å². The van der Waals surface area contributed by atoms with Gasteiger partial charge in [0, 0.05) is 26.2 Å². The molecule has 3 rings (SSSR count). The van der Waals surface area contributed by atoms with Crippen molar-refractivity contribution in [3.63, 3.8) is 0 Å². The molecule has 1 aliphatic heterocycles. The van der Waals surface area contributed by atoms with Gasteiger partial charge in [-0.3, -0.25) is 0 Å². The third-order valence-corrected chi connectivity index (χ3v) is 4.37. The molecule has 0 radical (unpaired) electrons. The van der Waals surface area contributed by atoms with Gasteiger partial charge >= 0.3 is 0 Å². The van der Waals surface area contributed by atoms with Crippen LogP contribution >= 0.6 is 0 Å². The van der Waals surface area contributed by atoms with E-state index in [1.165, 1.54) is 38.5 Å². The topological polar surface area (TPSA) is 66.0 Å². The van der Waals surface area contributed by atoms with Crippen molar-refractivity contribution in [2.45, 2.75) is 45.4 Å². The largest absolute Gasteiger partial charge is 0.354 e. The Hall–Kier alpha value is -1.59. The lowest BCUT2D eigenvalue weighted by molar-refractivity contribution is 0.333. The maximum Gasteiger partial charge on any atom is 0.231 e. The van der Waals surface area contributed by atoms with Crippen LogP contribution in [-0.2, 0) is 0 Å². The van der Waals surface area contributed by atoms with Gasteiger partial charge in [0.2, 0.25) is 17.8 Å². The fraction of sp³-hybridized carbons (Fsp3) is 0.800. The van der Waals surface area contributed by atoms with Crippen LogP contribution in [0, 0.1) is 5.92 Å². The molecule has 116 valence electrons. The Bertz CT molecular complexity index is 453. The lowest BCUT2D eigenvalue weighted by atomic mass is 9.85. The molecular weight excluding hydrogens is 264 g/mol. The first-order valence-electron chi connectivity index (χ1n) is 8.34. The van der Waals surface area contributed by atoms with Gasteiger partial charge in [0.1, 0.15) is 0 Å². The van der Waals surface area contributed by atoms with Gasteiger partial charge in [0.15, 0.2) is 0 Å². The Kier molecular flexibility index (Phi) is 4.72. The van der Waals surface area contributed by atoms with Crippen LogP contribution in [-0.4, -0.2) is 41.1 Å². The highest BCUT2D eigenvalue weighted by Gasteiger charge is 2.19. The van der Waals surface area contributed by atoms with Crippen molar-refractivity contribution in [2.24, 2.45) is 5.92 Å². The van der Waals surface area contributed by atoms with Crippen LogP contribution in [0.1, 0.15) is 45.4 Å². The van der Waals surface area contributed by atoms with Crippen LogP contribution < -0.4 is 15.5 Å². The van der Waals surface area contributed by atoms with Gasteiger partial charge in [0.05, 0.1) is 0 Å². The summed E-state index contributed by atoms with van der Waals surface area (Å²) in [6, 6.07) is 0. The van der Waals surface area contributed by atoms with Crippen molar-refractivity contribution in [3.8, 4) is 0 Å². The highest BCUT2D eigenvalue weighted by molar-refractivity contribution is 5.44. The van der Waals surface area contributed by atoms with Gasteiger partial charge in [-0.1, -0.05) is 6.42 Å². The molecule has 0 atom stereocenters. The summed E-state index contributed by atoms with van der Waals surface area (Å²) in [5.41, 5.74) is 0. The van der Waals surface area contributed by atoms with E-state index in [1.807, 2.05) is 0 Å². The summed E-state index contributed by atoms with van der Waals surface area (Å²) in [7, 11) is 0. The average Bonchev–Trinajstić information content (AvgIpc) is 2.47.